The number of ether oxygens (including phenoxy) is 2. The van der Waals surface area contributed by atoms with Gasteiger partial charge in [-0.15, -0.1) is 0 Å². The van der Waals surface area contributed by atoms with Crippen LogP contribution >= 0.6 is 11.8 Å². The van der Waals surface area contributed by atoms with E-state index < -0.39 is 11.9 Å². The van der Waals surface area contributed by atoms with Gasteiger partial charge in [0.2, 0.25) is 5.88 Å². The first-order chi connectivity index (χ1) is 13.6. The number of hydrogen-bond acceptors (Lipinski definition) is 7. The average Bonchev–Trinajstić information content (AvgIpc) is 2.69. The van der Waals surface area contributed by atoms with Gasteiger partial charge in [0.05, 0.1) is 18.1 Å². The molecule has 3 rings (SSSR count). The lowest BCUT2D eigenvalue weighted by atomic mass is 9.81. The molecule has 1 saturated heterocycles. The maximum Gasteiger partial charge on any atom is 0.338 e. The van der Waals surface area contributed by atoms with Crippen molar-refractivity contribution in [3.63, 3.8) is 0 Å². The van der Waals surface area contributed by atoms with Crippen molar-refractivity contribution in [3.8, 4) is 6.07 Å². The predicted octanol–water partition coefficient (Wildman–Crippen LogP) is 2.88. The minimum absolute atomic E-state index is 0.0437. The van der Waals surface area contributed by atoms with Gasteiger partial charge in [0.25, 0.3) is 0 Å². The molecule has 1 fully saturated rings. The van der Waals surface area contributed by atoms with Crippen LogP contribution in [-0.4, -0.2) is 42.1 Å². The topological polar surface area (TPSA) is 88.6 Å². The van der Waals surface area contributed by atoms with E-state index in [0.717, 1.165) is 42.3 Å². The van der Waals surface area contributed by atoms with Crippen LogP contribution in [-0.2, 0) is 20.8 Å². The number of benzene rings is 1. The van der Waals surface area contributed by atoms with Crippen LogP contribution in [0.4, 0.5) is 0 Å². The molecule has 28 heavy (non-hydrogen) atoms. The highest BCUT2D eigenvalue weighted by molar-refractivity contribution is 7.99. The van der Waals surface area contributed by atoms with E-state index in [0.29, 0.717) is 11.3 Å². The third kappa shape index (κ3) is 4.18. The number of carbonyl (C=O) groups is 1. The molecule has 0 bridgehead atoms. The summed E-state index contributed by atoms with van der Waals surface area (Å²) in [5.74, 6) is 1.58. The molecule has 0 amide bonds. The molecular weight excluding hydrogens is 374 g/mol. The van der Waals surface area contributed by atoms with Crippen LogP contribution in [0.1, 0.15) is 30.9 Å². The van der Waals surface area contributed by atoms with Crippen molar-refractivity contribution in [3.05, 3.63) is 58.2 Å². The fraction of sp³-hybridized carbons (Fsp3) is 0.429. The van der Waals surface area contributed by atoms with E-state index in [2.05, 4.69) is 17.0 Å². The second-order valence-electron chi connectivity index (χ2n) is 6.70. The van der Waals surface area contributed by atoms with Crippen LogP contribution in [0.25, 0.3) is 0 Å². The molecule has 6 nitrogen and oxygen atoms in total. The minimum atomic E-state index is -0.590. The van der Waals surface area contributed by atoms with E-state index in [-0.39, 0.29) is 18.1 Å². The standard InChI is InChI=1S/C21H25N3O3S/c1-3-26-21(25)18-14(2)27-20(23)17(12-22)19(18)16-7-5-4-6-15(16)13-24-8-10-28-11-9-24/h4-7,19H,3,8-11,13,23H2,1-2H3. The van der Waals surface area contributed by atoms with E-state index in [1.807, 2.05) is 30.0 Å². The van der Waals surface area contributed by atoms with Crippen molar-refractivity contribution in [2.45, 2.75) is 26.3 Å². The van der Waals surface area contributed by atoms with Gasteiger partial charge in [0, 0.05) is 31.1 Å². The highest BCUT2D eigenvalue weighted by atomic mass is 32.2. The SMILES string of the molecule is CCOC(=O)C1=C(C)OC(N)=C(C#N)C1c1ccccc1CN1CCSCC1. The number of rotatable bonds is 5. The molecule has 1 atom stereocenters. The number of carbonyl (C=O) groups excluding carboxylic acids is 1. The Bertz CT molecular complexity index is 851. The molecular formula is C21H25N3O3S. The van der Waals surface area contributed by atoms with Crippen LogP contribution in [0.3, 0.4) is 0 Å². The van der Waals surface area contributed by atoms with E-state index in [1.165, 1.54) is 0 Å². The second kappa shape index (κ2) is 9.18. The molecule has 2 aliphatic heterocycles. The summed E-state index contributed by atoms with van der Waals surface area (Å²) in [5.41, 5.74) is 8.58. The van der Waals surface area contributed by atoms with Gasteiger partial charge < -0.3 is 15.2 Å². The van der Waals surface area contributed by atoms with Crippen LogP contribution in [0.5, 0.6) is 0 Å². The molecule has 2 N–H and O–H groups in total. The summed E-state index contributed by atoms with van der Waals surface area (Å²) in [6.45, 7) is 6.50. The quantitative estimate of drug-likeness (QED) is 0.762. The van der Waals surface area contributed by atoms with E-state index in [4.69, 9.17) is 15.2 Å². The van der Waals surface area contributed by atoms with Gasteiger partial charge >= 0.3 is 5.97 Å². The third-order valence-corrected chi connectivity index (χ3v) is 5.91. The summed E-state index contributed by atoms with van der Waals surface area (Å²) in [7, 11) is 0. The molecule has 0 radical (unpaired) electrons. The van der Waals surface area contributed by atoms with Crippen molar-refractivity contribution < 1.29 is 14.3 Å². The second-order valence-corrected chi connectivity index (χ2v) is 7.93. The summed E-state index contributed by atoms with van der Waals surface area (Å²) >= 11 is 1.96. The fourth-order valence-corrected chi connectivity index (χ4v) is 4.60. The summed E-state index contributed by atoms with van der Waals surface area (Å²) in [6, 6.07) is 10.1. The number of nitriles is 1. The van der Waals surface area contributed by atoms with Gasteiger partial charge in [-0.3, -0.25) is 4.90 Å². The fourth-order valence-electron chi connectivity index (χ4n) is 3.63. The van der Waals surface area contributed by atoms with Gasteiger partial charge in [-0.25, -0.2) is 4.79 Å². The molecule has 0 spiro atoms. The lowest BCUT2D eigenvalue weighted by Gasteiger charge is -2.31. The van der Waals surface area contributed by atoms with Crippen LogP contribution in [0.2, 0.25) is 0 Å². The van der Waals surface area contributed by atoms with Crippen molar-refractivity contribution in [1.29, 1.82) is 5.26 Å². The smallest absolute Gasteiger partial charge is 0.338 e. The molecule has 1 aromatic rings. The summed E-state index contributed by atoms with van der Waals surface area (Å²) < 4.78 is 10.8. The van der Waals surface area contributed by atoms with Gasteiger partial charge in [0.15, 0.2) is 0 Å². The lowest BCUT2D eigenvalue weighted by molar-refractivity contribution is -0.139. The van der Waals surface area contributed by atoms with E-state index in [1.54, 1.807) is 13.8 Å². The molecule has 1 unspecified atom stereocenters. The van der Waals surface area contributed by atoms with Gasteiger partial charge in [-0.05, 0) is 25.0 Å². The highest BCUT2D eigenvalue weighted by Gasteiger charge is 2.37. The summed E-state index contributed by atoms with van der Waals surface area (Å²) in [4.78, 5) is 15.1. The Balaban J connectivity index is 2.06. The first kappa shape index (κ1) is 20.3. The zero-order valence-electron chi connectivity index (χ0n) is 16.2. The van der Waals surface area contributed by atoms with Crippen molar-refractivity contribution in [1.82, 2.24) is 4.90 Å². The van der Waals surface area contributed by atoms with Gasteiger partial charge in [-0.2, -0.15) is 17.0 Å². The monoisotopic (exact) mass is 399 g/mol. The van der Waals surface area contributed by atoms with Gasteiger partial charge in [0.1, 0.15) is 17.4 Å². The summed E-state index contributed by atoms with van der Waals surface area (Å²) in [6.07, 6.45) is 0. The third-order valence-electron chi connectivity index (χ3n) is 4.96. The summed E-state index contributed by atoms with van der Waals surface area (Å²) in [5, 5.41) is 9.77. The molecule has 0 saturated carbocycles. The van der Waals surface area contributed by atoms with E-state index >= 15 is 0 Å². The average molecular weight is 400 g/mol. The highest BCUT2D eigenvalue weighted by Crippen LogP contribution is 2.41. The molecule has 7 heteroatoms. The molecule has 2 heterocycles. The number of esters is 1. The number of allylic oxidation sites excluding steroid dienone is 2. The number of hydrogen-bond donors (Lipinski definition) is 1. The van der Waals surface area contributed by atoms with Crippen molar-refractivity contribution >= 4 is 17.7 Å². The van der Waals surface area contributed by atoms with Crippen molar-refractivity contribution in [2.24, 2.45) is 5.73 Å². The Labute approximate surface area is 170 Å². The predicted molar refractivity (Wildman–Crippen MR) is 109 cm³/mol. The molecule has 1 aromatic carbocycles. The Kier molecular flexibility index (Phi) is 6.65. The molecule has 0 aliphatic carbocycles. The van der Waals surface area contributed by atoms with Gasteiger partial charge in [-0.1, -0.05) is 24.3 Å². The maximum absolute atomic E-state index is 12.7. The Morgan fingerprint density at radius 2 is 2.11 bits per heavy atom. The Hall–Kier alpha value is -2.43. The van der Waals surface area contributed by atoms with E-state index in [9.17, 15) is 10.1 Å². The normalized spacial score (nSPS) is 20.5. The first-order valence-electron chi connectivity index (χ1n) is 9.40. The Morgan fingerprint density at radius 1 is 1.39 bits per heavy atom. The first-order valence-corrected chi connectivity index (χ1v) is 10.6. The van der Waals surface area contributed by atoms with Crippen LogP contribution in [0.15, 0.2) is 47.1 Å². The molecule has 2 aliphatic rings. The van der Waals surface area contributed by atoms with Crippen molar-refractivity contribution in [2.75, 3.05) is 31.2 Å². The lowest BCUT2D eigenvalue weighted by Crippen LogP contribution is -2.33. The largest absolute Gasteiger partial charge is 0.463 e. The van der Waals surface area contributed by atoms with Crippen LogP contribution in [0, 0.1) is 11.3 Å². The molecule has 148 valence electrons. The van der Waals surface area contributed by atoms with Crippen LogP contribution < -0.4 is 5.73 Å². The zero-order valence-corrected chi connectivity index (χ0v) is 17.1. The zero-order chi connectivity index (χ0) is 20.1. The minimum Gasteiger partial charge on any atom is -0.463 e. The Morgan fingerprint density at radius 3 is 2.79 bits per heavy atom. The number of nitrogens with two attached hydrogens (primary N) is 1. The number of nitrogens with zero attached hydrogens (tertiary/aromatic N) is 2. The number of thioether (sulfide) groups is 1. The maximum atomic E-state index is 12.7. The molecule has 0 aromatic heterocycles.